The number of hydrogen-bond acceptors (Lipinski definition) is 4. The minimum absolute atomic E-state index is 0.153. The van der Waals surface area contributed by atoms with Crippen molar-refractivity contribution < 1.29 is 13.2 Å². The smallest absolute Gasteiger partial charge is 0.225 e. The first kappa shape index (κ1) is 18.2. The van der Waals surface area contributed by atoms with Gasteiger partial charge in [-0.15, -0.1) is 11.3 Å². The van der Waals surface area contributed by atoms with E-state index in [0.717, 1.165) is 16.0 Å². The summed E-state index contributed by atoms with van der Waals surface area (Å²) in [6, 6.07) is 14.1. The van der Waals surface area contributed by atoms with Crippen molar-refractivity contribution in [3.63, 3.8) is 0 Å². The van der Waals surface area contributed by atoms with Crippen LogP contribution in [0.4, 0.5) is 5.69 Å². The molecule has 0 bridgehead atoms. The molecule has 4 rings (SSSR count). The van der Waals surface area contributed by atoms with E-state index in [1.54, 1.807) is 35.7 Å². The molecule has 1 amide bonds. The molecule has 0 saturated heterocycles. The number of aryl methyl sites for hydroxylation is 1. The average Bonchev–Trinajstić information content (AvgIpc) is 3.06. The van der Waals surface area contributed by atoms with Crippen LogP contribution < -0.4 is 5.32 Å². The number of rotatable bonds is 3. The normalized spacial score (nSPS) is 16.7. The van der Waals surface area contributed by atoms with E-state index in [1.165, 1.54) is 11.3 Å². The highest BCUT2D eigenvalue weighted by atomic mass is 35.5. The first-order chi connectivity index (χ1) is 12.9. The quantitative estimate of drug-likeness (QED) is 0.651. The van der Waals surface area contributed by atoms with Gasteiger partial charge < -0.3 is 5.32 Å². The molecule has 0 aliphatic carbocycles. The summed E-state index contributed by atoms with van der Waals surface area (Å²) in [6.45, 7) is 1.85. The number of amides is 1. The maximum atomic E-state index is 13.2. The number of carbonyl (C=O) groups is 1. The van der Waals surface area contributed by atoms with Crippen molar-refractivity contribution in [2.24, 2.45) is 0 Å². The Kier molecular flexibility index (Phi) is 4.58. The molecule has 0 saturated carbocycles. The van der Waals surface area contributed by atoms with Crippen molar-refractivity contribution in [2.45, 2.75) is 29.1 Å². The van der Waals surface area contributed by atoms with Crippen molar-refractivity contribution in [2.75, 3.05) is 5.32 Å². The summed E-state index contributed by atoms with van der Waals surface area (Å²) in [5, 5.41) is 5.02. The summed E-state index contributed by atoms with van der Waals surface area (Å²) in [5.74, 6) is -0.376. The van der Waals surface area contributed by atoms with Gasteiger partial charge in [0.1, 0.15) is 4.90 Å². The number of carbonyl (C=O) groups excluding carboxylic acids is 1. The highest BCUT2D eigenvalue weighted by Crippen LogP contribution is 2.45. The van der Waals surface area contributed by atoms with Crippen molar-refractivity contribution in [3.05, 3.63) is 74.9 Å². The van der Waals surface area contributed by atoms with Gasteiger partial charge >= 0.3 is 0 Å². The Morgan fingerprint density at radius 1 is 1.15 bits per heavy atom. The third-order valence-electron chi connectivity index (χ3n) is 4.62. The molecule has 1 aliphatic heterocycles. The molecule has 0 fully saturated rings. The first-order valence-electron chi connectivity index (χ1n) is 8.35. The molecule has 1 atom stereocenters. The number of hydrogen-bond donors (Lipinski definition) is 1. The Morgan fingerprint density at radius 2 is 1.89 bits per heavy atom. The second kappa shape index (κ2) is 6.78. The van der Waals surface area contributed by atoms with Gasteiger partial charge in [-0.05, 0) is 42.3 Å². The summed E-state index contributed by atoms with van der Waals surface area (Å²) >= 11 is 7.33. The van der Waals surface area contributed by atoms with Crippen LogP contribution in [0.5, 0.6) is 0 Å². The molecule has 1 unspecified atom stereocenters. The number of thiophene rings is 1. The highest BCUT2D eigenvalue weighted by Gasteiger charge is 2.34. The molecule has 7 heteroatoms. The summed E-state index contributed by atoms with van der Waals surface area (Å²) in [7, 11) is -3.72. The molecule has 138 valence electrons. The van der Waals surface area contributed by atoms with E-state index < -0.39 is 9.84 Å². The highest BCUT2D eigenvalue weighted by molar-refractivity contribution is 7.91. The molecule has 27 heavy (non-hydrogen) atoms. The second-order valence-electron chi connectivity index (χ2n) is 6.52. The molecular formula is C20H16ClNO3S2. The maximum Gasteiger partial charge on any atom is 0.225 e. The number of fused-ring (bicyclic) bond motifs is 1. The summed E-state index contributed by atoms with van der Waals surface area (Å²) < 4.78 is 26.3. The SMILES string of the molecule is Cc1cccc(S(=O)(=O)c2csc3c2NC(=O)CC3c2ccc(Cl)cc2)c1. The minimum Gasteiger partial charge on any atom is -0.324 e. The number of halogens is 1. The lowest BCUT2D eigenvalue weighted by Crippen LogP contribution is -2.23. The van der Waals surface area contributed by atoms with E-state index in [1.807, 2.05) is 25.1 Å². The fourth-order valence-electron chi connectivity index (χ4n) is 3.28. The number of benzene rings is 2. The van der Waals surface area contributed by atoms with Crippen LogP contribution in [0.1, 0.15) is 28.3 Å². The fraction of sp³-hybridized carbons (Fsp3) is 0.150. The van der Waals surface area contributed by atoms with Gasteiger partial charge in [0, 0.05) is 27.6 Å². The van der Waals surface area contributed by atoms with Crippen molar-refractivity contribution in [3.8, 4) is 0 Å². The summed E-state index contributed by atoms with van der Waals surface area (Å²) in [4.78, 5) is 13.5. The lowest BCUT2D eigenvalue weighted by atomic mass is 9.91. The lowest BCUT2D eigenvalue weighted by Gasteiger charge is -2.23. The largest absolute Gasteiger partial charge is 0.324 e. The van der Waals surface area contributed by atoms with E-state index in [-0.39, 0.29) is 28.0 Å². The molecule has 1 N–H and O–H groups in total. The van der Waals surface area contributed by atoms with Crippen LogP contribution in [0.3, 0.4) is 0 Å². The first-order valence-corrected chi connectivity index (χ1v) is 11.1. The Labute approximate surface area is 166 Å². The van der Waals surface area contributed by atoms with Crippen LogP contribution in [0.15, 0.2) is 63.7 Å². The maximum absolute atomic E-state index is 13.2. The van der Waals surface area contributed by atoms with Gasteiger partial charge in [-0.2, -0.15) is 0 Å². The molecule has 0 radical (unpaired) electrons. The Bertz CT molecular complexity index is 1130. The molecule has 1 aliphatic rings. The fourth-order valence-corrected chi connectivity index (χ4v) is 6.41. The number of nitrogens with one attached hydrogen (secondary N) is 1. The zero-order chi connectivity index (χ0) is 19.2. The van der Waals surface area contributed by atoms with Crippen LogP contribution in [-0.2, 0) is 14.6 Å². The van der Waals surface area contributed by atoms with Gasteiger partial charge in [0.2, 0.25) is 15.7 Å². The zero-order valence-corrected chi connectivity index (χ0v) is 16.8. The Hall–Kier alpha value is -2.15. The Balaban J connectivity index is 1.83. The predicted octanol–water partition coefficient (Wildman–Crippen LogP) is 5.02. The van der Waals surface area contributed by atoms with Crippen molar-refractivity contribution in [1.82, 2.24) is 0 Å². The van der Waals surface area contributed by atoms with E-state index in [0.29, 0.717) is 10.7 Å². The standard InChI is InChI=1S/C20H16ClNO3S2/c1-12-3-2-4-15(9-12)27(24,25)17-11-26-20-16(10-18(23)22-19(17)20)13-5-7-14(21)8-6-13/h2-9,11,16H,10H2,1H3,(H,22,23). The molecule has 2 aromatic carbocycles. The molecule has 2 heterocycles. The van der Waals surface area contributed by atoms with Gasteiger partial charge in [0.25, 0.3) is 0 Å². The molecule has 3 aromatic rings. The van der Waals surface area contributed by atoms with Crippen molar-refractivity contribution in [1.29, 1.82) is 0 Å². The zero-order valence-electron chi connectivity index (χ0n) is 14.4. The van der Waals surface area contributed by atoms with Crippen molar-refractivity contribution >= 4 is 44.4 Å². The summed E-state index contributed by atoms with van der Waals surface area (Å²) in [5.41, 5.74) is 2.21. The monoisotopic (exact) mass is 417 g/mol. The Morgan fingerprint density at radius 3 is 2.59 bits per heavy atom. The number of sulfone groups is 1. The third kappa shape index (κ3) is 3.29. The summed E-state index contributed by atoms with van der Waals surface area (Å²) in [6.07, 6.45) is 0.277. The van der Waals surface area contributed by atoms with Gasteiger partial charge in [-0.1, -0.05) is 35.9 Å². The lowest BCUT2D eigenvalue weighted by molar-refractivity contribution is -0.116. The molecular weight excluding hydrogens is 402 g/mol. The third-order valence-corrected chi connectivity index (χ3v) is 7.89. The van der Waals surface area contributed by atoms with Gasteiger partial charge in [-0.25, -0.2) is 8.42 Å². The van der Waals surface area contributed by atoms with Gasteiger partial charge in [-0.3, -0.25) is 4.79 Å². The van der Waals surface area contributed by atoms with Crippen LogP contribution >= 0.6 is 22.9 Å². The van der Waals surface area contributed by atoms with E-state index in [2.05, 4.69) is 5.32 Å². The number of anilines is 1. The topological polar surface area (TPSA) is 63.2 Å². The van der Waals surface area contributed by atoms with E-state index >= 15 is 0 Å². The minimum atomic E-state index is -3.72. The molecule has 0 spiro atoms. The van der Waals surface area contributed by atoms with E-state index in [9.17, 15) is 13.2 Å². The van der Waals surface area contributed by atoms with Crippen LogP contribution in [-0.4, -0.2) is 14.3 Å². The van der Waals surface area contributed by atoms with Crippen LogP contribution in [0, 0.1) is 6.92 Å². The van der Waals surface area contributed by atoms with E-state index in [4.69, 9.17) is 11.6 Å². The predicted molar refractivity (Wildman–Crippen MR) is 107 cm³/mol. The molecule has 1 aromatic heterocycles. The van der Waals surface area contributed by atoms with Gasteiger partial charge in [0.15, 0.2) is 0 Å². The van der Waals surface area contributed by atoms with Crippen LogP contribution in [0.25, 0.3) is 0 Å². The molecule has 4 nitrogen and oxygen atoms in total. The van der Waals surface area contributed by atoms with Crippen LogP contribution in [0.2, 0.25) is 5.02 Å². The second-order valence-corrected chi connectivity index (χ2v) is 9.78. The average molecular weight is 418 g/mol. The van der Waals surface area contributed by atoms with Gasteiger partial charge in [0.05, 0.1) is 10.6 Å².